The van der Waals surface area contributed by atoms with Crippen LogP contribution in [0.15, 0.2) is 200 Å². The van der Waals surface area contributed by atoms with Gasteiger partial charge in [-0.3, -0.25) is 0 Å². The Morgan fingerprint density at radius 3 is 1.38 bits per heavy atom. The Balaban J connectivity index is 1.08. The van der Waals surface area contributed by atoms with Crippen molar-refractivity contribution in [3.63, 3.8) is 0 Å². The average Bonchev–Trinajstić information content (AvgIpc) is 3.83. The number of hydrogen-bond donors (Lipinski definition) is 0. The molecule has 0 aliphatic carbocycles. The Labute approximate surface area is 327 Å². The number of nitrogens with zero attached hydrogens (tertiary/aromatic N) is 1. The third-order valence-corrected chi connectivity index (χ3v) is 13.1. The molecule has 258 valence electrons. The van der Waals surface area contributed by atoms with Crippen LogP contribution in [0.2, 0.25) is 0 Å². The van der Waals surface area contributed by atoms with Crippen molar-refractivity contribution in [3.8, 4) is 33.4 Å². The molecule has 1 nitrogen and oxygen atoms in total. The number of fused-ring (bicyclic) bond motifs is 7. The molecule has 9 aromatic carbocycles. The van der Waals surface area contributed by atoms with Gasteiger partial charge in [0, 0.05) is 57.4 Å². The van der Waals surface area contributed by atoms with Crippen molar-refractivity contribution >= 4 is 90.9 Å². The van der Waals surface area contributed by atoms with Crippen LogP contribution in [0.3, 0.4) is 0 Å². The van der Waals surface area contributed by atoms with Gasteiger partial charge in [0.05, 0.1) is 0 Å². The van der Waals surface area contributed by atoms with Gasteiger partial charge in [-0.1, -0.05) is 140 Å². The van der Waals surface area contributed by atoms with E-state index < -0.39 is 0 Å². The van der Waals surface area contributed by atoms with E-state index >= 15 is 0 Å². The molecule has 0 radical (unpaired) electrons. The zero-order valence-electron chi connectivity index (χ0n) is 29.8. The summed E-state index contributed by atoms with van der Waals surface area (Å²) >= 11 is 3.73. The summed E-state index contributed by atoms with van der Waals surface area (Å²) in [5.41, 5.74) is 10.7. The first-order valence-corrected chi connectivity index (χ1v) is 20.3. The van der Waals surface area contributed by atoms with Gasteiger partial charge in [-0.2, -0.15) is 0 Å². The fourth-order valence-electron chi connectivity index (χ4n) is 8.37. The van der Waals surface area contributed by atoms with Crippen LogP contribution in [0.5, 0.6) is 0 Å². The number of benzene rings is 9. The predicted molar refractivity (Wildman–Crippen MR) is 241 cm³/mol. The van der Waals surface area contributed by atoms with E-state index in [9.17, 15) is 0 Å². The zero-order valence-corrected chi connectivity index (χ0v) is 31.4. The highest BCUT2D eigenvalue weighted by molar-refractivity contribution is 7.26. The maximum atomic E-state index is 2.41. The molecule has 11 aromatic rings. The van der Waals surface area contributed by atoms with Crippen molar-refractivity contribution in [2.24, 2.45) is 0 Å². The van der Waals surface area contributed by atoms with Crippen LogP contribution in [-0.2, 0) is 0 Å². The number of anilines is 3. The van der Waals surface area contributed by atoms with E-state index in [2.05, 4.69) is 205 Å². The van der Waals surface area contributed by atoms with E-state index in [0.29, 0.717) is 0 Å². The third kappa shape index (κ3) is 5.43. The monoisotopic (exact) mass is 735 g/mol. The second-order valence-corrected chi connectivity index (χ2v) is 16.2. The molecule has 3 heteroatoms. The van der Waals surface area contributed by atoms with Crippen LogP contribution < -0.4 is 4.90 Å². The molecule has 2 aromatic heterocycles. The molecule has 0 atom stereocenters. The van der Waals surface area contributed by atoms with Gasteiger partial charge in [-0.15, -0.1) is 22.7 Å². The van der Waals surface area contributed by atoms with Crippen LogP contribution in [-0.4, -0.2) is 0 Å². The fraction of sp³-hybridized carbons (Fsp3) is 0. The fourth-order valence-corrected chi connectivity index (χ4v) is 10.6. The average molecular weight is 736 g/mol. The molecule has 0 N–H and O–H groups in total. The molecule has 0 amide bonds. The van der Waals surface area contributed by atoms with Crippen LogP contribution in [0, 0.1) is 0 Å². The standard InChI is InChI=1S/C52H33NS2/c1-2-18-41-34(12-1)13-9-21-42(41)36-14-7-16-39(32-36)53(38-30-28-35(29-31-38)43-22-10-26-49-51(43)45-19-3-5-24-47(45)54-49)40-17-8-15-37(33-40)44-23-11-27-50-52(44)46-20-4-6-25-48(46)55-50/h1-33H. The molecule has 0 saturated heterocycles. The molecule has 0 unspecified atom stereocenters. The molecule has 0 aliphatic heterocycles. The minimum atomic E-state index is 1.11. The molecule has 0 spiro atoms. The van der Waals surface area contributed by atoms with Crippen LogP contribution in [0.4, 0.5) is 17.1 Å². The highest BCUT2D eigenvalue weighted by Crippen LogP contribution is 2.44. The zero-order chi connectivity index (χ0) is 36.3. The quantitative estimate of drug-likeness (QED) is 0.164. The lowest BCUT2D eigenvalue weighted by molar-refractivity contribution is 1.28. The summed E-state index contributed by atoms with van der Waals surface area (Å²) in [7, 11) is 0. The van der Waals surface area contributed by atoms with Gasteiger partial charge in [0.2, 0.25) is 0 Å². The third-order valence-electron chi connectivity index (χ3n) is 10.9. The first-order valence-electron chi connectivity index (χ1n) is 18.7. The van der Waals surface area contributed by atoms with Crippen molar-refractivity contribution < 1.29 is 0 Å². The number of thiophene rings is 2. The minimum Gasteiger partial charge on any atom is -0.310 e. The van der Waals surface area contributed by atoms with Gasteiger partial charge in [0.1, 0.15) is 0 Å². The summed E-state index contributed by atoms with van der Waals surface area (Å²) in [5.74, 6) is 0. The predicted octanol–water partition coefficient (Wildman–Crippen LogP) is 16.0. The van der Waals surface area contributed by atoms with Crippen molar-refractivity contribution in [3.05, 3.63) is 200 Å². The Morgan fingerprint density at radius 2 is 0.745 bits per heavy atom. The Morgan fingerprint density at radius 1 is 0.291 bits per heavy atom. The Hall–Kier alpha value is -6.52. The molecule has 0 aliphatic rings. The van der Waals surface area contributed by atoms with Crippen molar-refractivity contribution in [2.45, 2.75) is 0 Å². The van der Waals surface area contributed by atoms with Gasteiger partial charge in [-0.25, -0.2) is 0 Å². The van der Waals surface area contributed by atoms with E-state index in [1.165, 1.54) is 84.5 Å². The molecule has 11 rings (SSSR count). The molecular weight excluding hydrogens is 703 g/mol. The summed E-state index contributed by atoms with van der Waals surface area (Å²) < 4.78 is 5.27. The molecule has 0 bridgehead atoms. The summed E-state index contributed by atoms with van der Waals surface area (Å²) in [6.45, 7) is 0. The summed E-state index contributed by atoms with van der Waals surface area (Å²) in [5, 5.41) is 7.79. The van der Waals surface area contributed by atoms with Gasteiger partial charge in [-0.05, 0) is 105 Å². The second-order valence-electron chi connectivity index (χ2n) is 14.1. The minimum absolute atomic E-state index is 1.11. The first kappa shape index (κ1) is 32.0. The van der Waals surface area contributed by atoms with Crippen LogP contribution in [0.1, 0.15) is 0 Å². The van der Waals surface area contributed by atoms with Crippen LogP contribution >= 0.6 is 22.7 Å². The lowest BCUT2D eigenvalue weighted by Gasteiger charge is -2.27. The molecule has 0 saturated carbocycles. The van der Waals surface area contributed by atoms with E-state index in [1.54, 1.807) is 0 Å². The van der Waals surface area contributed by atoms with Crippen molar-refractivity contribution in [1.82, 2.24) is 0 Å². The van der Waals surface area contributed by atoms with Gasteiger partial charge in [0.25, 0.3) is 0 Å². The normalized spacial score (nSPS) is 11.6. The number of rotatable bonds is 6. The SMILES string of the molecule is c1cc(-c2cccc3ccccc23)cc(N(c2ccc(-c3cccc4sc5ccccc5c34)cc2)c2cccc(-c3cccc4sc5ccccc5c34)c2)c1. The van der Waals surface area contributed by atoms with Crippen molar-refractivity contribution in [2.75, 3.05) is 4.90 Å². The van der Waals surface area contributed by atoms with E-state index in [4.69, 9.17) is 0 Å². The summed E-state index contributed by atoms with van der Waals surface area (Å²) in [4.78, 5) is 2.41. The molecule has 0 fully saturated rings. The van der Waals surface area contributed by atoms with E-state index in [1.807, 2.05) is 22.7 Å². The van der Waals surface area contributed by atoms with E-state index in [0.717, 1.165) is 17.1 Å². The summed E-state index contributed by atoms with van der Waals surface area (Å²) in [6.07, 6.45) is 0. The molecular formula is C52H33NS2. The van der Waals surface area contributed by atoms with Gasteiger partial charge < -0.3 is 4.90 Å². The first-order chi connectivity index (χ1) is 27.3. The Kier molecular flexibility index (Phi) is 7.61. The van der Waals surface area contributed by atoms with Crippen molar-refractivity contribution in [1.29, 1.82) is 0 Å². The lowest BCUT2D eigenvalue weighted by Crippen LogP contribution is -2.10. The van der Waals surface area contributed by atoms with Crippen LogP contribution in [0.25, 0.3) is 84.5 Å². The lowest BCUT2D eigenvalue weighted by atomic mass is 9.97. The largest absolute Gasteiger partial charge is 0.310 e. The maximum Gasteiger partial charge on any atom is 0.0467 e. The van der Waals surface area contributed by atoms with Gasteiger partial charge in [0.15, 0.2) is 0 Å². The highest BCUT2D eigenvalue weighted by Gasteiger charge is 2.18. The molecule has 2 heterocycles. The van der Waals surface area contributed by atoms with Gasteiger partial charge >= 0.3 is 0 Å². The number of hydrogen-bond acceptors (Lipinski definition) is 3. The Bertz CT molecular complexity index is 3220. The highest BCUT2D eigenvalue weighted by atomic mass is 32.1. The topological polar surface area (TPSA) is 3.24 Å². The molecule has 55 heavy (non-hydrogen) atoms. The smallest absolute Gasteiger partial charge is 0.0467 e. The maximum absolute atomic E-state index is 2.41. The summed E-state index contributed by atoms with van der Waals surface area (Å²) in [6, 6.07) is 73.4. The second kappa shape index (κ2) is 13.1. The van der Waals surface area contributed by atoms with E-state index in [-0.39, 0.29) is 0 Å².